The van der Waals surface area contributed by atoms with Gasteiger partial charge in [0.05, 0.1) is 12.7 Å². The van der Waals surface area contributed by atoms with Gasteiger partial charge in [0.15, 0.2) is 0 Å². The van der Waals surface area contributed by atoms with Crippen LogP contribution in [0.3, 0.4) is 0 Å². The van der Waals surface area contributed by atoms with Crippen molar-refractivity contribution in [1.29, 1.82) is 0 Å². The Labute approximate surface area is 158 Å². The molecule has 0 radical (unpaired) electrons. The molecule has 1 aromatic heterocycles. The predicted molar refractivity (Wildman–Crippen MR) is 103 cm³/mol. The van der Waals surface area contributed by atoms with Crippen molar-refractivity contribution in [3.8, 4) is 5.75 Å². The highest BCUT2D eigenvalue weighted by Gasteiger charge is 2.15. The van der Waals surface area contributed by atoms with Crippen molar-refractivity contribution < 1.29 is 9.53 Å². The summed E-state index contributed by atoms with van der Waals surface area (Å²) in [5.41, 5.74) is 1.36. The van der Waals surface area contributed by atoms with Gasteiger partial charge in [0.25, 0.3) is 5.91 Å². The van der Waals surface area contributed by atoms with Gasteiger partial charge in [-0.15, -0.1) is 0 Å². The highest BCUT2D eigenvalue weighted by Crippen LogP contribution is 2.22. The maximum absolute atomic E-state index is 12.4. The largest absolute Gasteiger partial charge is 0.496 e. The zero-order chi connectivity index (χ0) is 18.5. The van der Waals surface area contributed by atoms with E-state index in [1.807, 2.05) is 18.3 Å². The number of nitrogens with one attached hydrogen (secondary N) is 1. The summed E-state index contributed by atoms with van der Waals surface area (Å²) in [6.07, 6.45) is 1.81. The number of ether oxygens (including phenoxy) is 1. The first-order valence-corrected chi connectivity index (χ1v) is 8.95. The molecule has 26 heavy (non-hydrogen) atoms. The minimum Gasteiger partial charge on any atom is -0.496 e. The quantitative estimate of drug-likeness (QED) is 0.871. The monoisotopic (exact) mass is 374 g/mol. The van der Waals surface area contributed by atoms with Crippen LogP contribution in [0.5, 0.6) is 5.75 Å². The fourth-order valence-corrected chi connectivity index (χ4v) is 3.05. The lowest BCUT2D eigenvalue weighted by molar-refractivity contribution is 0.0948. The molecule has 0 atom stereocenters. The highest BCUT2D eigenvalue weighted by molar-refractivity contribution is 6.31. The highest BCUT2D eigenvalue weighted by atomic mass is 35.5. The Morgan fingerprint density at radius 1 is 1.23 bits per heavy atom. The lowest BCUT2D eigenvalue weighted by Gasteiger charge is -2.33. The molecule has 0 aliphatic carbocycles. The van der Waals surface area contributed by atoms with E-state index in [1.54, 1.807) is 18.2 Å². The molecule has 1 saturated heterocycles. The minimum atomic E-state index is -0.229. The second-order valence-electron chi connectivity index (χ2n) is 6.34. The molecule has 2 aromatic rings. The van der Waals surface area contributed by atoms with Crippen molar-refractivity contribution in [2.45, 2.75) is 6.54 Å². The molecule has 138 valence electrons. The van der Waals surface area contributed by atoms with Gasteiger partial charge < -0.3 is 19.9 Å². The Morgan fingerprint density at radius 3 is 2.65 bits per heavy atom. The van der Waals surface area contributed by atoms with Crippen LogP contribution < -0.4 is 15.0 Å². The average Bonchev–Trinajstić information content (AvgIpc) is 2.67. The summed E-state index contributed by atoms with van der Waals surface area (Å²) in [6, 6.07) is 8.98. The molecule has 1 fully saturated rings. The van der Waals surface area contributed by atoms with E-state index in [2.05, 4.69) is 27.1 Å². The number of rotatable bonds is 5. The van der Waals surface area contributed by atoms with E-state index in [1.165, 1.54) is 7.11 Å². The van der Waals surface area contributed by atoms with Crippen molar-refractivity contribution in [2.75, 3.05) is 45.2 Å². The summed E-state index contributed by atoms with van der Waals surface area (Å²) < 4.78 is 5.22. The number of halogens is 1. The van der Waals surface area contributed by atoms with Gasteiger partial charge in [-0.05, 0) is 36.9 Å². The van der Waals surface area contributed by atoms with Crippen LogP contribution in [0.25, 0.3) is 0 Å². The minimum absolute atomic E-state index is 0.229. The van der Waals surface area contributed by atoms with Crippen LogP contribution in [0.15, 0.2) is 36.5 Å². The Hall–Kier alpha value is -2.31. The molecule has 0 unspecified atom stereocenters. The number of hydrogen-bond donors (Lipinski definition) is 1. The number of pyridine rings is 1. The summed E-state index contributed by atoms with van der Waals surface area (Å²) in [5.74, 6) is 1.24. The van der Waals surface area contributed by atoms with Crippen LogP contribution in [0.2, 0.25) is 5.02 Å². The lowest BCUT2D eigenvalue weighted by atomic mass is 10.2. The molecule has 0 saturated carbocycles. The summed E-state index contributed by atoms with van der Waals surface area (Å²) in [4.78, 5) is 21.5. The van der Waals surface area contributed by atoms with Crippen LogP contribution in [0.4, 0.5) is 5.82 Å². The molecule has 0 bridgehead atoms. The molecule has 1 aliphatic rings. The zero-order valence-corrected chi connectivity index (χ0v) is 15.8. The predicted octanol–water partition coefficient (Wildman–Crippen LogP) is 2.43. The van der Waals surface area contributed by atoms with Crippen LogP contribution in [-0.2, 0) is 6.54 Å². The van der Waals surface area contributed by atoms with E-state index in [0.29, 0.717) is 22.9 Å². The Morgan fingerprint density at radius 2 is 2.00 bits per heavy atom. The topological polar surface area (TPSA) is 57.7 Å². The standard InChI is InChI=1S/C19H23ClN4O2/c1-23-7-9-24(10-8-23)18-6-3-14(12-21-18)13-22-19(25)16-11-15(20)4-5-17(16)26-2/h3-6,11-12H,7-10,13H2,1-2H3,(H,22,25). The Balaban J connectivity index is 1.60. The lowest BCUT2D eigenvalue weighted by Crippen LogP contribution is -2.44. The maximum Gasteiger partial charge on any atom is 0.255 e. The van der Waals surface area contributed by atoms with Gasteiger partial charge in [0.1, 0.15) is 11.6 Å². The summed E-state index contributed by atoms with van der Waals surface area (Å²) in [7, 11) is 3.66. The number of amides is 1. The number of carbonyl (C=O) groups is 1. The molecule has 6 nitrogen and oxygen atoms in total. The third kappa shape index (κ3) is 4.45. The van der Waals surface area contributed by atoms with Crippen LogP contribution >= 0.6 is 11.6 Å². The van der Waals surface area contributed by atoms with Gasteiger partial charge in [-0.1, -0.05) is 17.7 Å². The van der Waals surface area contributed by atoms with Crippen molar-refractivity contribution in [2.24, 2.45) is 0 Å². The number of likely N-dealkylation sites (N-methyl/N-ethyl adjacent to an activating group) is 1. The Kier molecular flexibility index (Phi) is 5.96. The van der Waals surface area contributed by atoms with Gasteiger partial charge in [-0.2, -0.15) is 0 Å². The van der Waals surface area contributed by atoms with Crippen molar-refractivity contribution in [3.63, 3.8) is 0 Å². The molecule has 7 heteroatoms. The van der Waals surface area contributed by atoms with E-state index in [0.717, 1.165) is 37.6 Å². The maximum atomic E-state index is 12.4. The smallest absolute Gasteiger partial charge is 0.255 e. The zero-order valence-electron chi connectivity index (χ0n) is 15.0. The first-order chi connectivity index (χ1) is 12.6. The van der Waals surface area contributed by atoms with Gasteiger partial charge in [-0.25, -0.2) is 4.98 Å². The Bertz CT molecular complexity index is 759. The fraction of sp³-hybridized carbons (Fsp3) is 0.368. The molecule has 2 heterocycles. The first kappa shape index (κ1) is 18.5. The van der Waals surface area contributed by atoms with E-state index >= 15 is 0 Å². The number of aromatic nitrogens is 1. The number of benzene rings is 1. The molecule has 1 amide bonds. The number of methoxy groups -OCH3 is 1. The number of hydrogen-bond acceptors (Lipinski definition) is 5. The van der Waals surface area contributed by atoms with Crippen LogP contribution in [0, 0.1) is 0 Å². The summed E-state index contributed by atoms with van der Waals surface area (Å²) >= 11 is 5.98. The van der Waals surface area contributed by atoms with Gasteiger partial charge in [0, 0.05) is 43.9 Å². The number of anilines is 1. The van der Waals surface area contributed by atoms with Crippen molar-refractivity contribution in [3.05, 3.63) is 52.7 Å². The molecule has 1 N–H and O–H groups in total. The molecule has 0 spiro atoms. The normalized spacial score (nSPS) is 15.0. The van der Waals surface area contributed by atoms with E-state index in [-0.39, 0.29) is 5.91 Å². The number of nitrogens with zero attached hydrogens (tertiary/aromatic N) is 3. The van der Waals surface area contributed by atoms with E-state index in [9.17, 15) is 4.79 Å². The van der Waals surface area contributed by atoms with Crippen molar-refractivity contribution >= 4 is 23.3 Å². The second kappa shape index (κ2) is 8.38. The van der Waals surface area contributed by atoms with E-state index in [4.69, 9.17) is 16.3 Å². The summed E-state index contributed by atoms with van der Waals surface area (Å²) in [6.45, 7) is 4.44. The van der Waals surface area contributed by atoms with Gasteiger partial charge >= 0.3 is 0 Å². The molecular formula is C19H23ClN4O2. The van der Waals surface area contributed by atoms with Gasteiger partial charge in [-0.3, -0.25) is 4.79 Å². The summed E-state index contributed by atoms with van der Waals surface area (Å²) in [5, 5.41) is 3.38. The number of piperazine rings is 1. The van der Waals surface area contributed by atoms with Crippen LogP contribution in [0.1, 0.15) is 15.9 Å². The molecular weight excluding hydrogens is 352 g/mol. The van der Waals surface area contributed by atoms with E-state index < -0.39 is 0 Å². The fourth-order valence-electron chi connectivity index (χ4n) is 2.88. The third-order valence-electron chi connectivity index (χ3n) is 4.50. The molecule has 1 aliphatic heterocycles. The van der Waals surface area contributed by atoms with Crippen LogP contribution in [-0.4, -0.2) is 56.1 Å². The van der Waals surface area contributed by atoms with Crippen molar-refractivity contribution in [1.82, 2.24) is 15.2 Å². The third-order valence-corrected chi connectivity index (χ3v) is 4.73. The second-order valence-corrected chi connectivity index (χ2v) is 6.78. The SMILES string of the molecule is COc1ccc(Cl)cc1C(=O)NCc1ccc(N2CCN(C)CC2)nc1. The first-order valence-electron chi connectivity index (χ1n) is 8.57. The van der Waals surface area contributed by atoms with Gasteiger partial charge in [0.2, 0.25) is 0 Å². The number of carbonyl (C=O) groups excluding carboxylic acids is 1. The molecule has 1 aromatic carbocycles. The molecule has 3 rings (SSSR count). The average molecular weight is 375 g/mol.